The Balaban J connectivity index is 2.86. The minimum atomic E-state index is -4.34. The summed E-state index contributed by atoms with van der Waals surface area (Å²) in [7, 11) is 0. The van der Waals surface area contributed by atoms with Crippen molar-refractivity contribution in [1.29, 1.82) is 0 Å². The molecule has 0 atom stereocenters. The predicted molar refractivity (Wildman–Crippen MR) is 49.7 cm³/mol. The van der Waals surface area contributed by atoms with Crippen molar-refractivity contribution in [3.05, 3.63) is 23.5 Å². The van der Waals surface area contributed by atoms with Gasteiger partial charge in [-0.05, 0) is 13.0 Å². The molecule has 0 aliphatic heterocycles. The number of carbonyl (C=O) groups is 1. The molecule has 0 unspecified atom stereocenters. The largest absolute Gasteiger partial charge is 0.478 e. The minimum Gasteiger partial charge on any atom is -0.478 e. The van der Waals surface area contributed by atoms with E-state index in [9.17, 15) is 18.0 Å². The maximum absolute atomic E-state index is 12.0. The quantitative estimate of drug-likeness (QED) is 0.812. The summed E-state index contributed by atoms with van der Waals surface area (Å²) in [6, 6.07) is 0. The van der Waals surface area contributed by atoms with Gasteiger partial charge in [0.05, 0.1) is 5.69 Å². The monoisotopic (exact) mass is 234 g/mol. The second-order valence-electron chi connectivity index (χ2n) is 3.15. The van der Waals surface area contributed by atoms with Crippen molar-refractivity contribution in [3.8, 4) is 0 Å². The molecule has 1 aromatic rings. The maximum Gasteiger partial charge on any atom is 0.408 e. The van der Waals surface area contributed by atoms with Gasteiger partial charge in [-0.1, -0.05) is 0 Å². The first kappa shape index (κ1) is 12.3. The van der Waals surface area contributed by atoms with Crippen molar-refractivity contribution >= 4 is 12.0 Å². The molecule has 16 heavy (non-hydrogen) atoms. The zero-order valence-electron chi connectivity index (χ0n) is 8.32. The number of carboxylic acid groups (broad SMARTS) is 1. The highest BCUT2D eigenvalue weighted by atomic mass is 19.4. The van der Waals surface area contributed by atoms with Crippen LogP contribution in [0.25, 0.3) is 6.08 Å². The van der Waals surface area contributed by atoms with Crippen molar-refractivity contribution in [1.82, 2.24) is 9.78 Å². The third-order valence-corrected chi connectivity index (χ3v) is 1.73. The molecule has 7 heteroatoms. The number of alkyl halides is 3. The van der Waals surface area contributed by atoms with Crippen molar-refractivity contribution in [2.75, 3.05) is 0 Å². The number of carboxylic acids is 1. The van der Waals surface area contributed by atoms with E-state index < -0.39 is 18.7 Å². The molecule has 1 N–H and O–H groups in total. The highest BCUT2D eigenvalue weighted by Crippen LogP contribution is 2.18. The standard InChI is InChI=1S/C9H9F3N2O2/c1-6-7(2-3-8(15)16)4-14(13-6)5-9(10,11)12/h2-4H,5H2,1H3,(H,15,16)/b3-2+. The molecule has 0 aliphatic carbocycles. The SMILES string of the molecule is Cc1nn(CC(F)(F)F)cc1/C=C/C(=O)O. The lowest BCUT2D eigenvalue weighted by molar-refractivity contribution is -0.142. The molecule has 0 aliphatic rings. The molecule has 88 valence electrons. The molecule has 0 saturated heterocycles. The average Bonchev–Trinajstić information content (AvgIpc) is 2.39. The summed E-state index contributed by atoms with van der Waals surface area (Å²) in [4.78, 5) is 10.2. The summed E-state index contributed by atoms with van der Waals surface area (Å²) in [5.74, 6) is -1.16. The Labute approximate surface area is 89.0 Å². The number of hydrogen-bond acceptors (Lipinski definition) is 2. The predicted octanol–water partition coefficient (Wildman–Crippen LogP) is 1.85. The van der Waals surface area contributed by atoms with Gasteiger partial charge in [-0.2, -0.15) is 18.3 Å². The molecule has 1 rings (SSSR count). The summed E-state index contributed by atoms with van der Waals surface area (Å²) in [5, 5.41) is 12.0. The van der Waals surface area contributed by atoms with Crippen LogP contribution < -0.4 is 0 Å². The number of aryl methyl sites for hydroxylation is 1. The fourth-order valence-corrected chi connectivity index (χ4v) is 1.12. The van der Waals surface area contributed by atoms with E-state index in [-0.39, 0.29) is 0 Å². The van der Waals surface area contributed by atoms with Gasteiger partial charge in [0.25, 0.3) is 0 Å². The zero-order chi connectivity index (χ0) is 12.3. The van der Waals surface area contributed by atoms with E-state index in [1.165, 1.54) is 13.0 Å². The molecule has 0 fully saturated rings. The van der Waals surface area contributed by atoms with Gasteiger partial charge in [-0.3, -0.25) is 4.68 Å². The summed E-state index contributed by atoms with van der Waals surface area (Å²) < 4.78 is 36.8. The van der Waals surface area contributed by atoms with E-state index in [0.717, 1.165) is 17.0 Å². The van der Waals surface area contributed by atoms with E-state index in [1.54, 1.807) is 0 Å². The Morgan fingerprint density at radius 3 is 2.75 bits per heavy atom. The topological polar surface area (TPSA) is 55.1 Å². The molecule has 4 nitrogen and oxygen atoms in total. The number of halogens is 3. The van der Waals surface area contributed by atoms with Gasteiger partial charge in [0.2, 0.25) is 0 Å². The van der Waals surface area contributed by atoms with Crippen molar-refractivity contribution in [2.24, 2.45) is 0 Å². The summed E-state index contributed by atoms with van der Waals surface area (Å²) in [6.45, 7) is 0.323. The first-order chi connectivity index (χ1) is 7.28. The molecular formula is C9H9F3N2O2. The van der Waals surface area contributed by atoms with E-state index in [1.807, 2.05) is 0 Å². The van der Waals surface area contributed by atoms with Gasteiger partial charge in [0, 0.05) is 17.8 Å². The van der Waals surface area contributed by atoms with Crippen LogP contribution in [-0.2, 0) is 11.3 Å². The van der Waals surface area contributed by atoms with Gasteiger partial charge in [-0.25, -0.2) is 4.79 Å². The second kappa shape index (κ2) is 4.38. The van der Waals surface area contributed by atoms with Crippen LogP contribution in [-0.4, -0.2) is 27.0 Å². The third kappa shape index (κ3) is 3.76. The van der Waals surface area contributed by atoms with Crippen LogP contribution in [0.4, 0.5) is 13.2 Å². The molecule has 0 aromatic carbocycles. The smallest absolute Gasteiger partial charge is 0.408 e. The number of nitrogens with zero attached hydrogens (tertiary/aromatic N) is 2. The van der Waals surface area contributed by atoms with Crippen LogP contribution in [0.2, 0.25) is 0 Å². The van der Waals surface area contributed by atoms with Crippen molar-refractivity contribution in [2.45, 2.75) is 19.6 Å². The molecule has 1 heterocycles. The van der Waals surface area contributed by atoms with Crippen LogP contribution in [0.3, 0.4) is 0 Å². The fourth-order valence-electron chi connectivity index (χ4n) is 1.12. The van der Waals surface area contributed by atoms with Crippen molar-refractivity contribution < 1.29 is 23.1 Å². The Kier molecular flexibility index (Phi) is 3.36. The first-order valence-corrected chi connectivity index (χ1v) is 4.30. The van der Waals surface area contributed by atoms with E-state index in [2.05, 4.69) is 5.10 Å². The molecule has 0 amide bonds. The van der Waals surface area contributed by atoms with Crippen LogP contribution >= 0.6 is 0 Å². The lowest BCUT2D eigenvalue weighted by Crippen LogP contribution is -2.17. The average molecular weight is 234 g/mol. The van der Waals surface area contributed by atoms with Crippen molar-refractivity contribution in [3.63, 3.8) is 0 Å². The highest BCUT2D eigenvalue weighted by molar-refractivity contribution is 5.85. The van der Waals surface area contributed by atoms with Gasteiger partial charge >= 0.3 is 12.1 Å². The Morgan fingerprint density at radius 2 is 2.25 bits per heavy atom. The summed E-state index contributed by atoms with van der Waals surface area (Å²) in [5.41, 5.74) is 0.702. The second-order valence-corrected chi connectivity index (χ2v) is 3.15. The fraction of sp³-hybridized carbons (Fsp3) is 0.333. The summed E-state index contributed by atoms with van der Waals surface area (Å²) in [6.07, 6.45) is -1.13. The Morgan fingerprint density at radius 1 is 1.62 bits per heavy atom. The van der Waals surface area contributed by atoms with Gasteiger partial charge < -0.3 is 5.11 Å². The van der Waals surface area contributed by atoms with Crippen LogP contribution in [0, 0.1) is 6.92 Å². The number of rotatable bonds is 3. The maximum atomic E-state index is 12.0. The minimum absolute atomic E-state index is 0.349. The third-order valence-electron chi connectivity index (χ3n) is 1.73. The Bertz CT molecular complexity index is 421. The molecule has 0 radical (unpaired) electrons. The van der Waals surface area contributed by atoms with Gasteiger partial charge in [0.15, 0.2) is 0 Å². The van der Waals surface area contributed by atoms with Crippen LogP contribution in [0.15, 0.2) is 12.3 Å². The van der Waals surface area contributed by atoms with Crippen LogP contribution in [0.5, 0.6) is 0 Å². The molecule has 0 bridgehead atoms. The lowest BCUT2D eigenvalue weighted by atomic mass is 10.2. The van der Waals surface area contributed by atoms with Gasteiger partial charge in [-0.15, -0.1) is 0 Å². The highest BCUT2D eigenvalue weighted by Gasteiger charge is 2.28. The summed E-state index contributed by atoms with van der Waals surface area (Å²) >= 11 is 0. The normalized spacial score (nSPS) is 12.2. The lowest BCUT2D eigenvalue weighted by Gasteiger charge is -2.04. The molecule has 0 spiro atoms. The van der Waals surface area contributed by atoms with E-state index in [4.69, 9.17) is 5.11 Å². The number of aromatic nitrogens is 2. The van der Waals surface area contributed by atoms with Crippen LogP contribution in [0.1, 0.15) is 11.3 Å². The molecule has 1 aromatic heterocycles. The molecular weight excluding hydrogens is 225 g/mol. The number of aliphatic carboxylic acids is 1. The first-order valence-electron chi connectivity index (χ1n) is 4.30. The molecule has 0 saturated carbocycles. The zero-order valence-corrected chi connectivity index (χ0v) is 8.32. The van der Waals surface area contributed by atoms with E-state index in [0.29, 0.717) is 11.3 Å². The van der Waals surface area contributed by atoms with Gasteiger partial charge in [0.1, 0.15) is 6.54 Å². The Hall–Kier alpha value is -1.79. The van der Waals surface area contributed by atoms with E-state index >= 15 is 0 Å². The number of hydrogen-bond donors (Lipinski definition) is 1.